The Morgan fingerprint density at radius 3 is 1.32 bits per heavy atom. The summed E-state index contributed by atoms with van der Waals surface area (Å²) in [7, 11) is 0. The smallest absolute Gasteiger partial charge is 0.367 e. The van der Waals surface area contributed by atoms with Gasteiger partial charge in [-0.05, 0) is 73.9 Å². The molecule has 2 atom stereocenters. The Bertz CT molecular complexity index is 2360. The van der Waals surface area contributed by atoms with Crippen molar-refractivity contribution in [1.82, 2.24) is 29.2 Å². The molecular weight excluding hydrogens is 787 g/mol. The number of benzene rings is 2. The summed E-state index contributed by atoms with van der Waals surface area (Å²) < 4.78 is 93.6. The number of rotatable bonds is 10. The summed E-state index contributed by atoms with van der Waals surface area (Å²) in [5.74, 6) is 1.39. The molecule has 0 amide bonds. The van der Waals surface area contributed by atoms with E-state index in [1.165, 1.54) is 20.9 Å². The number of carbonyl (C=O) groups is 1. The van der Waals surface area contributed by atoms with Crippen molar-refractivity contribution in [2.24, 2.45) is 11.8 Å². The molecular formula is C43H42F6N10O. The fourth-order valence-electron chi connectivity index (χ4n) is 9.07. The van der Waals surface area contributed by atoms with Crippen molar-refractivity contribution in [3.05, 3.63) is 108 Å². The lowest BCUT2D eigenvalue weighted by Gasteiger charge is -2.48. The first-order valence-electron chi connectivity index (χ1n) is 20.5. The number of fused-ring (bicyclic) bond motifs is 2. The van der Waals surface area contributed by atoms with Crippen molar-refractivity contribution in [2.45, 2.75) is 63.0 Å². The molecule has 0 radical (unpaired) electrons. The summed E-state index contributed by atoms with van der Waals surface area (Å²) >= 11 is 0. The number of para-hydroxylation sites is 2. The van der Waals surface area contributed by atoms with Crippen LogP contribution in [0.15, 0.2) is 85.2 Å². The number of nitrogens with zero attached hydrogens (tertiary/aromatic N) is 10. The van der Waals surface area contributed by atoms with Crippen LogP contribution < -0.4 is 19.6 Å². The van der Waals surface area contributed by atoms with Gasteiger partial charge in [0.1, 0.15) is 34.9 Å². The molecule has 6 heterocycles. The average Bonchev–Trinajstić information content (AvgIpc) is 4.18. The summed E-state index contributed by atoms with van der Waals surface area (Å²) in [6, 6.07) is 19.3. The SMILES string of the molecule is O=C(C1CN(c2ccn3c(CC4CC4)nnc3c2C(F)(F)F)CCN1c1ccccc1)C1CN(c2ccn3c(CC4CC4)nnc3c2C(F)(F)F)CCN1c1ccccc1. The fourth-order valence-corrected chi connectivity index (χ4v) is 9.07. The predicted molar refractivity (Wildman–Crippen MR) is 213 cm³/mol. The molecule has 4 fully saturated rings. The van der Waals surface area contributed by atoms with Crippen LogP contribution in [0.1, 0.15) is 48.5 Å². The number of hydrogen-bond acceptors (Lipinski definition) is 9. The van der Waals surface area contributed by atoms with Crippen LogP contribution in [0.5, 0.6) is 0 Å². The standard InChI is InChI=1S/C43H42F6N10O/c44-42(45,46)37-31(15-17-58-35(23-27-11-12-27)50-52-40(37)58)54-19-21-56(29-7-3-1-4-8-29)33(25-54)39(60)34-26-55(20-22-57(34)30-9-5-2-6-10-30)32-16-18-59-36(24-28-13-14-28)51-53-41(59)38(32)43(47,48)49/h1-10,15-18,27-28,33-34H,11-14,19-26H2. The van der Waals surface area contributed by atoms with Crippen molar-refractivity contribution >= 4 is 39.8 Å². The third kappa shape index (κ3) is 7.14. The molecule has 312 valence electrons. The first-order chi connectivity index (χ1) is 28.9. The highest BCUT2D eigenvalue weighted by molar-refractivity contribution is 5.96. The van der Waals surface area contributed by atoms with E-state index in [0.717, 1.165) is 25.7 Å². The second-order valence-electron chi connectivity index (χ2n) is 16.4. The molecule has 4 aromatic heterocycles. The van der Waals surface area contributed by atoms with Gasteiger partial charge < -0.3 is 19.6 Å². The Hall–Kier alpha value is -5.87. The van der Waals surface area contributed by atoms with Gasteiger partial charge in [0.2, 0.25) is 0 Å². The second-order valence-corrected chi connectivity index (χ2v) is 16.4. The molecule has 60 heavy (non-hydrogen) atoms. The first-order valence-corrected chi connectivity index (χ1v) is 20.5. The highest BCUT2D eigenvalue weighted by atomic mass is 19.4. The Balaban J connectivity index is 1.04. The summed E-state index contributed by atoms with van der Waals surface area (Å²) in [5, 5.41) is 16.4. The molecule has 0 N–H and O–H groups in total. The van der Waals surface area contributed by atoms with Crippen LogP contribution in [-0.4, -0.2) is 86.3 Å². The number of hydrogen-bond donors (Lipinski definition) is 0. The molecule has 2 aliphatic heterocycles. The van der Waals surface area contributed by atoms with E-state index >= 15 is 31.1 Å². The third-order valence-electron chi connectivity index (χ3n) is 12.4. The van der Waals surface area contributed by atoms with Gasteiger partial charge in [0.15, 0.2) is 17.1 Å². The molecule has 0 bridgehead atoms. The molecule has 4 aliphatic rings. The molecule has 2 unspecified atom stereocenters. The molecule has 10 rings (SSSR count). The average molecular weight is 829 g/mol. The van der Waals surface area contributed by atoms with Gasteiger partial charge in [0.05, 0.1) is 11.4 Å². The van der Waals surface area contributed by atoms with Crippen molar-refractivity contribution in [1.29, 1.82) is 0 Å². The highest BCUT2D eigenvalue weighted by Gasteiger charge is 2.46. The number of anilines is 4. The van der Waals surface area contributed by atoms with Crippen molar-refractivity contribution < 1.29 is 31.1 Å². The number of aromatic nitrogens is 6. The molecule has 11 nitrogen and oxygen atoms in total. The van der Waals surface area contributed by atoms with Crippen LogP contribution in [0.25, 0.3) is 11.3 Å². The van der Waals surface area contributed by atoms with Gasteiger partial charge in [-0.3, -0.25) is 13.6 Å². The van der Waals surface area contributed by atoms with Gasteiger partial charge in [-0.25, -0.2) is 0 Å². The lowest BCUT2D eigenvalue weighted by atomic mass is 9.95. The van der Waals surface area contributed by atoms with Crippen LogP contribution >= 0.6 is 0 Å². The van der Waals surface area contributed by atoms with E-state index in [1.807, 2.05) is 70.5 Å². The van der Waals surface area contributed by atoms with Gasteiger partial charge in [-0.2, -0.15) is 26.3 Å². The van der Waals surface area contributed by atoms with E-state index in [0.29, 0.717) is 47.7 Å². The molecule has 2 saturated heterocycles. The number of halogens is 6. The van der Waals surface area contributed by atoms with E-state index < -0.39 is 35.6 Å². The van der Waals surface area contributed by atoms with Crippen LogP contribution in [0.3, 0.4) is 0 Å². The van der Waals surface area contributed by atoms with Gasteiger partial charge >= 0.3 is 12.4 Å². The second kappa shape index (κ2) is 14.7. The Labute approximate surface area is 341 Å². The summed E-state index contributed by atoms with van der Waals surface area (Å²) in [4.78, 5) is 22.4. The first kappa shape index (κ1) is 38.3. The van der Waals surface area contributed by atoms with E-state index in [1.54, 1.807) is 22.2 Å². The largest absolute Gasteiger partial charge is 0.422 e. The topological polar surface area (TPSA) is 90.4 Å². The molecule has 2 aliphatic carbocycles. The molecule has 0 spiro atoms. The normalized spacial score (nSPS) is 20.4. The zero-order valence-corrected chi connectivity index (χ0v) is 32.5. The number of Topliss-reactive ketones (excluding diaryl/α,β-unsaturated/α-hetero) is 1. The zero-order chi connectivity index (χ0) is 41.3. The summed E-state index contributed by atoms with van der Waals surface area (Å²) in [6.07, 6.45) is -1.33. The van der Waals surface area contributed by atoms with Crippen molar-refractivity contribution in [3.63, 3.8) is 0 Å². The predicted octanol–water partition coefficient (Wildman–Crippen LogP) is 7.37. The lowest BCUT2D eigenvalue weighted by Crippen LogP contribution is -2.65. The summed E-state index contributed by atoms with van der Waals surface area (Å²) in [5.41, 5.74) is -1.19. The maximum atomic E-state index is 15.5. The van der Waals surface area contributed by atoms with E-state index in [-0.39, 0.29) is 67.7 Å². The van der Waals surface area contributed by atoms with Gasteiger partial charge in [0.25, 0.3) is 0 Å². The number of carbonyl (C=O) groups excluding carboxylic acids is 1. The summed E-state index contributed by atoms with van der Waals surface area (Å²) in [6.45, 7) is 0.508. The van der Waals surface area contributed by atoms with Gasteiger partial charge in [-0.1, -0.05) is 36.4 Å². The minimum absolute atomic E-state index is 0.103. The minimum Gasteiger partial charge on any atom is -0.367 e. The van der Waals surface area contributed by atoms with Crippen LogP contribution in [-0.2, 0) is 30.0 Å². The number of alkyl halides is 6. The Morgan fingerprint density at radius 1 is 0.550 bits per heavy atom. The van der Waals surface area contributed by atoms with Crippen LogP contribution in [0, 0.1) is 11.8 Å². The number of ketones is 1. The highest BCUT2D eigenvalue weighted by Crippen LogP contribution is 2.43. The van der Waals surface area contributed by atoms with Crippen molar-refractivity contribution in [2.75, 3.05) is 58.9 Å². The Morgan fingerprint density at radius 2 is 0.950 bits per heavy atom. The minimum atomic E-state index is -4.79. The van der Waals surface area contributed by atoms with Crippen LogP contribution in [0.4, 0.5) is 49.1 Å². The van der Waals surface area contributed by atoms with Gasteiger partial charge in [0, 0.05) is 75.9 Å². The van der Waals surface area contributed by atoms with E-state index in [4.69, 9.17) is 0 Å². The Kier molecular flexibility index (Phi) is 9.39. The molecule has 2 saturated carbocycles. The fraction of sp³-hybridized carbons (Fsp3) is 0.419. The molecule has 17 heteroatoms. The maximum absolute atomic E-state index is 15.5. The van der Waals surface area contributed by atoms with Crippen LogP contribution in [0.2, 0.25) is 0 Å². The zero-order valence-electron chi connectivity index (χ0n) is 32.5. The molecule has 2 aromatic carbocycles. The van der Waals surface area contributed by atoms with E-state index in [9.17, 15) is 0 Å². The quantitative estimate of drug-likeness (QED) is 0.131. The van der Waals surface area contributed by atoms with Crippen molar-refractivity contribution in [3.8, 4) is 0 Å². The number of pyridine rings is 2. The lowest BCUT2D eigenvalue weighted by molar-refractivity contribution is -0.137. The third-order valence-corrected chi connectivity index (χ3v) is 12.4. The monoisotopic (exact) mass is 828 g/mol. The maximum Gasteiger partial charge on any atom is 0.422 e. The molecule has 6 aromatic rings. The van der Waals surface area contributed by atoms with Gasteiger partial charge in [-0.15, -0.1) is 20.4 Å². The number of piperazine rings is 2. The van der Waals surface area contributed by atoms with E-state index in [2.05, 4.69) is 20.4 Å².